The van der Waals surface area contributed by atoms with Crippen LogP contribution in [0.4, 0.5) is 0 Å². The van der Waals surface area contributed by atoms with Crippen molar-refractivity contribution in [2.45, 2.75) is 13.0 Å². The van der Waals surface area contributed by atoms with Gasteiger partial charge in [-0.15, -0.1) is 11.3 Å². The average Bonchev–Trinajstić information content (AvgIpc) is 3.42. The topological polar surface area (TPSA) is 39.4 Å². The molecule has 4 rings (SSSR count). The van der Waals surface area contributed by atoms with Gasteiger partial charge in [-0.2, -0.15) is 0 Å². The van der Waals surface area contributed by atoms with E-state index in [4.69, 9.17) is 32.4 Å². The van der Waals surface area contributed by atoms with Gasteiger partial charge >= 0.3 is 0 Å². The Labute approximate surface area is 194 Å². The van der Waals surface area contributed by atoms with Gasteiger partial charge in [0.15, 0.2) is 11.5 Å². The summed E-state index contributed by atoms with van der Waals surface area (Å²) >= 11 is 13.7. The van der Waals surface area contributed by atoms with Crippen LogP contribution in [0, 0.1) is 0 Å². The summed E-state index contributed by atoms with van der Waals surface area (Å²) in [5.74, 6) is 1.53. The molecule has 0 N–H and O–H groups in total. The van der Waals surface area contributed by atoms with E-state index in [1.165, 1.54) is 23.0 Å². The molecule has 2 heterocycles. The molecule has 4 aromatic rings. The molecule has 0 saturated heterocycles. The number of allylic oxidation sites excluding steroid dienone is 1. The minimum Gasteiger partial charge on any atom is -0.483 e. The fourth-order valence-corrected chi connectivity index (χ4v) is 4.44. The van der Waals surface area contributed by atoms with Crippen LogP contribution >= 0.6 is 34.5 Å². The van der Waals surface area contributed by atoms with E-state index in [1.807, 2.05) is 30.3 Å². The highest BCUT2D eigenvalue weighted by molar-refractivity contribution is 7.14. The first-order valence-electron chi connectivity index (χ1n) is 9.59. The molecule has 31 heavy (non-hydrogen) atoms. The van der Waals surface area contributed by atoms with Crippen LogP contribution in [0.2, 0.25) is 10.0 Å². The zero-order chi connectivity index (χ0) is 21.6. The van der Waals surface area contributed by atoms with Gasteiger partial charge < -0.3 is 9.15 Å². The maximum absolute atomic E-state index is 12.5. The van der Waals surface area contributed by atoms with Crippen molar-refractivity contribution < 1.29 is 13.9 Å². The van der Waals surface area contributed by atoms with Crippen LogP contribution in [0.3, 0.4) is 0 Å². The summed E-state index contributed by atoms with van der Waals surface area (Å²) in [6.07, 6.45) is 4.00. The number of para-hydroxylation sites is 1. The number of rotatable bonds is 8. The number of halogens is 2. The molecule has 0 spiro atoms. The molecule has 0 bridgehead atoms. The fraction of sp³-hybridized carbons (Fsp3) is 0.0800. The number of hydrogen-bond donors (Lipinski definition) is 0. The first-order chi connectivity index (χ1) is 15.1. The Kier molecular flexibility index (Phi) is 6.92. The lowest BCUT2D eigenvalue weighted by atomic mass is 10.1. The van der Waals surface area contributed by atoms with Crippen LogP contribution in [-0.4, -0.2) is 5.78 Å². The average molecular weight is 469 g/mol. The summed E-state index contributed by atoms with van der Waals surface area (Å²) in [4.78, 5) is 14.4. The van der Waals surface area contributed by atoms with Crippen molar-refractivity contribution in [2.24, 2.45) is 0 Å². The molecule has 156 valence electrons. The molecule has 0 atom stereocenters. The third kappa shape index (κ3) is 5.67. The number of ketones is 1. The first-order valence-corrected chi connectivity index (χ1v) is 11.2. The predicted molar refractivity (Wildman–Crippen MR) is 126 cm³/mol. The van der Waals surface area contributed by atoms with Crippen LogP contribution in [0.15, 0.2) is 83.3 Å². The Morgan fingerprint density at radius 1 is 0.935 bits per heavy atom. The normalized spacial score (nSPS) is 11.2. The van der Waals surface area contributed by atoms with Crippen molar-refractivity contribution in [2.75, 3.05) is 0 Å². The van der Waals surface area contributed by atoms with Crippen molar-refractivity contribution in [3.63, 3.8) is 0 Å². The SMILES string of the molecule is O=C(/C=C/c1ccc(COc2c(Cl)cccc2Cl)o1)c1ccc(Cc2ccccc2)s1. The van der Waals surface area contributed by atoms with Crippen molar-refractivity contribution in [3.05, 3.63) is 116 Å². The quantitative estimate of drug-likeness (QED) is 0.196. The molecule has 2 aromatic carbocycles. The van der Waals surface area contributed by atoms with E-state index in [0.717, 1.165) is 11.3 Å². The van der Waals surface area contributed by atoms with Crippen LogP contribution < -0.4 is 4.74 Å². The molecule has 0 aliphatic heterocycles. The Hall–Kier alpha value is -2.79. The van der Waals surface area contributed by atoms with Gasteiger partial charge in [0.05, 0.1) is 14.9 Å². The maximum atomic E-state index is 12.5. The Bertz CT molecular complexity index is 1190. The molecule has 0 saturated carbocycles. The predicted octanol–water partition coefficient (Wildman–Crippen LogP) is 7.71. The van der Waals surface area contributed by atoms with E-state index in [-0.39, 0.29) is 12.4 Å². The minimum atomic E-state index is -0.0543. The third-order valence-electron chi connectivity index (χ3n) is 4.48. The number of ether oxygens (including phenoxy) is 1. The highest BCUT2D eigenvalue weighted by atomic mass is 35.5. The van der Waals surface area contributed by atoms with Gasteiger partial charge in [-0.3, -0.25) is 4.79 Å². The Morgan fingerprint density at radius 2 is 1.71 bits per heavy atom. The number of carbonyl (C=O) groups excluding carboxylic acids is 1. The second-order valence-electron chi connectivity index (χ2n) is 6.77. The van der Waals surface area contributed by atoms with Crippen LogP contribution in [0.25, 0.3) is 6.08 Å². The van der Waals surface area contributed by atoms with E-state index in [0.29, 0.717) is 32.2 Å². The van der Waals surface area contributed by atoms with Crippen molar-refractivity contribution >= 4 is 46.4 Å². The number of hydrogen-bond acceptors (Lipinski definition) is 4. The second kappa shape index (κ2) is 10.0. The molecule has 0 amide bonds. The van der Waals surface area contributed by atoms with Crippen LogP contribution in [-0.2, 0) is 13.0 Å². The summed E-state index contributed by atoms with van der Waals surface area (Å²) in [5, 5.41) is 0.875. The number of thiophene rings is 1. The Morgan fingerprint density at radius 3 is 2.48 bits per heavy atom. The standard InChI is InChI=1S/C25H18Cl2O3S/c26-21-7-4-8-22(27)25(21)29-16-19-10-9-18(30-19)11-13-23(28)24-14-12-20(31-24)15-17-5-2-1-3-6-17/h1-14H,15-16H2/b13-11+. The van der Waals surface area contributed by atoms with Gasteiger partial charge in [0.25, 0.3) is 0 Å². The molecule has 0 unspecified atom stereocenters. The summed E-state index contributed by atoms with van der Waals surface area (Å²) in [6.45, 7) is 0.180. The summed E-state index contributed by atoms with van der Waals surface area (Å²) in [6, 6.07) is 22.8. The molecule has 0 fully saturated rings. The van der Waals surface area contributed by atoms with Gasteiger partial charge in [0, 0.05) is 11.3 Å². The lowest BCUT2D eigenvalue weighted by Gasteiger charge is -2.07. The molecule has 0 aliphatic carbocycles. The van der Waals surface area contributed by atoms with Crippen LogP contribution in [0.5, 0.6) is 5.75 Å². The smallest absolute Gasteiger partial charge is 0.195 e. The molecule has 0 radical (unpaired) electrons. The highest BCUT2D eigenvalue weighted by Crippen LogP contribution is 2.33. The van der Waals surface area contributed by atoms with Crippen molar-refractivity contribution in [3.8, 4) is 5.75 Å². The van der Waals surface area contributed by atoms with Gasteiger partial charge in [-0.05, 0) is 54.1 Å². The van der Waals surface area contributed by atoms with Crippen molar-refractivity contribution in [1.82, 2.24) is 0 Å². The molecular weight excluding hydrogens is 451 g/mol. The summed E-state index contributed by atoms with van der Waals surface area (Å²) < 4.78 is 11.4. The lowest BCUT2D eigenvalue weighted by molar-refractivity contribution is 0.105. The molecule has 6 heteroatoms. The zero-order valence-electron chi connectivity index (χ0n) is 16.4. The number of furan rings is 1. The molecule has 2 aromatic heterocycles. The summed E-state index contributed by atoms with van der Waals surface area (Å²) in [7, 11) is 0. The van der Waals surface area contributed by atoms with E-state index in [9.17, 15) is 4.79 Å². The summed E-state index contributed by atoms with van der Waals surface area (Å²) in [5.41, 5.74) is 1.22. The molecule has 3 nitrogen and oxygen atoms in total. The monoisotopic (exact) mass is 468 g/mol. The van der Waals surface area contributed by atoms with Crippen molar-refractivity contribution in [1.29, 1.82) is 0 Å². The minimum absolute atomic E-state index is 0.0543. The molecule has 0 aliphatic rings. The largest absolute Gasteiger partial charge is 0.483 e. The van der Waals surface area contributed by atoms with Crippen LogP contribution in [0.1, 0.15) is 31.6 Å². The molecular formula is C25H18Cl2O3S. The van der Waals surface area contributed by atoms with Gasteiger partial charge in [0.1, 0.15) is 18.1 Å². The van der Waals surface area contributed by atoms with E-state index < -0.39 is 0 Å². The van der Waals surface area contributed by atoms with Gasteiger partial charge in [-0.1, -0.05) is 59.6 Å². The first kappa shape index (κ1) is 21.4. The van der Waals surface area contributed by atoms with E-state index in [2.05, 4.69) is 12.1 Å². The second-order valence-corrected chi connectivity index (χ2v) is 8.75. The number of benzene rings is 2. The number of carbonyl (C=O) groups is 1. The van der Waals surface area contributed by atoms with Gasteiger partial charge in [-0.25, -0.2) is 0 Å². The van der Waals surface area contributed by atoms with Gasteiger partial charge in [0.2, 0.25) is 0 Å². The zero-order valence-corrected chi connectivity index (χ0v) is 18.7. The van der Waals surface area contributed by atoms with E-state index in [1.54, 1.807) is 36.4 Å². The lowest BCUT2D eigenvalue weighted by Crippen LogP contribution is -1.95. The van der Waals surface area contributed by atoms with E-state index >= 15 is 0 Å². The fourth-order valence-electron chi connectivity index (χ4n) is 2.97. The maximum Gasteiger partial charge on any atom is 0.195 e. The Balaban J connectivity index is 1.35. The third-order valence-corrected chi connectivity index (χ3v) is 6.18. The highest BCUT2D eigenvalue weighted by Gasteiger charge is 2.10.